The summed E-state index contributed by atoms with van der Waals surface area (Å²) in [4.78, 5) is 25.7. The van der Waals surface area contributed by atoms with Gasteiger partial charge >= 0.3 is 12.1 Å². The summed E-state index contributed by atoms with van der Waals surface area (Å²) < 4.78 is 15.5. The molecule has 0 unspecified atom stereocenters. The SMILES string of the molecule is CCOC(=O)N1CCC(C(=O)Oc2c(Cl)cc(C#N)cc2OC)CC1. The summed E-state index contributed by atoms with van der Waals surface area (Å²) in [5.41, 5.74) is 0.310. The Kier molecular flexibility index (Phi) is 6.48. The van der Waals surface area contributed by atoms with Crippen molar-refractivity contribution < 1.29 is 23.8 Å². The average Bonchev–Trinajstić information content (AvgIpc) is 2.63. The highest BCUT2D eigenvalue weighted by Gasteiger charge is 2.30. The van der Waals surface area contributed by atoms with E-state index in [9.17, 15) is 9.59 Å². The number of ether oxygens (including phenoxy) is 3. The molecule has 2 rings (SSSR count). The largest absolute Gasteiger partial charge is 0.493 e. The molecule has 8 heteroatoms. The number of likely N-dealkylation sites (tertiary alicyclic amines) is 1. The summed E-state index contributed by atoms with van der Waals surface area (Å²) in [5.74, 6) is -0.460. The van der Waals surface area contributed by atoms with Crippen LogP contribution >= 0.6 is 11.6 Å². The maximum Gasteiger partial charge on any atom is 0.409 e. The summed E-state index contributed by atoms with van der Waals surface area (Å²) in [6, 6.07) is 4.83. The van der Waals surface area contributed by atoms with Gasteiger partial charge in [-0.15, -0.1) is 0 Å². The number of carbonyl (C=O) groups is 2. The Morgan fingerprint density at radius 3 is 2.60 bits per heavy atom. The lowest BCUT2D eigenvalue weighted by atomic mass is 9.97. The van der Waals surface area contributed by atoms with Crippen LogP contribution in [0.15, 0.2) is 12.1 Å². The molecule has 7 nitrogen and oxygen atoms in total. The second-order valence-corrected chi connectivity index (χ2v) is 5.89. The number of carbonyl (C=O) groups excluding carboxylic acids is 2. The molecule has 0 bridgehead atoms. The van der Waals surface area contributed by atoms with Crippen molar-refractivity contribution in [1.29, 1.82) is 5.26 Å². The van der Waals surface area contributed by atoms with Crippen molar-refractivity contribution in [3.05, 3.63) is 22.7 Å². The summed E-state index contributed by atoms with van der Waals surface area (Å²) >= 11 is 6.10. The van der Waals surface area contributed by atoms with Crippen molar-refractivity contribution in [2.24, 2.45) is 5.92 Å². The lowest BCUT2D eigenvalue weighted by Crippen LogP contribution is -2.41. The molecule has 1 aliphatic rings. The molecule has 1 amide bonds. The van der Waals surface area contributed by atoms with Gasteiger partial charge in [-0.25, -0.2) is 4.79 Å². The third-order valence-corrected chi connectivity index (χ3v) is 4.20. The molecule has 1 aliphatic heterocycles. The number of hydrogen-bond acceptors (Lipinski definition) is 6. The minimum atomic E-state index is -0.437. The standard InChI is InChI=1S/C17H19ClN2O5/c1-3-24-17(22)20-6-4-12(5-7-20)16(21)25-15-13(18)8-11(10-19)9-14(15)23-2/h8-9,12H,3-7H2,1-2H3. The normalized spacial score (nSPS) is 14.6. The molecule has 0 radical (unpaired) electrons. The van der Waals surface area contributed by atoms with Gasteiger partial charge < -0.3 is 19.1 Å². The van der Waals surface area contributed by atoms with Crippen molar-refractivity contribution in [2.45, 2.75) is 19.8 Å². The second-order valence-electron chi connectivity index (χ2n) is 5.48. The first-order valence-electron chi connectivity index (χ1n) is 7.91. The van der Waals surface area contributed by atoms with Crippen LogP contribution in [0.2, 0.25) is 5.02 Å². The van der Waals surface area contributed by atoms with E-state index in [1.165, 1.54) is 19.2 Å². The summed E-state index contributed by atoms with van der Waals surface area (Å²) in [7, 11) is 1.40. The van der Waals surface area contributed by atoms with Crippen LogP contribution in [0, 0.1) is 17.2 Å². The molecule has 1 aromatic rings. The smallest absolute Gasteiger partial charge is 0.409 e. The fourth-order valence-corrected chi connectivity index (χ4v) is 2.83. The summed E-state index contributed by atoms with van der Waals surface area (Å²) in [5, 5.41) is 9.08. The summed E-state index contributed by atoms with van der Waals surface area (Å²) in [6.45, 7) is 2.92. The molecular weight excluding hydrogens is 348 g/mol. The molecule has 1 aromatic carbocycles. The maximum absolute atomic E-state index is 12.4. The van der Waals surface area contributed by atoms with E-state index >= 15 is 0 Å². The number of rotatable bonds is 4. The molecule has 0 spiro atoms. The zero-order valence-corrected chi connectivity index (χ0v) is 14.8. The maximum atomic E-state index is 12.4. The van der Waals surface area contributed by atoms with Gasteiger partial charge in [-0.3, -0.25) is 4.79 Å². The molecule has 0 saturated carbocycles. The average molecular weight is 367 g/mol. The van der Waals surface area contributed by atoms with E-state index < -0.39 is 5.97 Å². The number of piperidine rings is 1. The van der Waals surface area contributed by atoms with Gasteiger partial charge in [-0.05, 0) is 25.8 Å². The minimum absolute atomic E-state index is 0.0981. The van der Waals surface area contributed by atoms with Crippen molar-refractivity contribution in [3.8, 4) is 17.6 Å². The number of esters is 1. The number of nitrogens with zero attached hydrogens (tertiary/aromatic N) is 2. The van der Waals surface area contributed by atoms with Crippen molar-refractivity contribution >= 4 is 23.7 Å². The first-order chi connectivity index (χ1) is 12.0. The van der Waals surface area contributed by atoms with Gasteiger partial charge in [0.1, 0.15) is 0 Å². The van der Waals surface area contributed by atoms with E-state index in [0.717, 1.165) is 0 Å². The van der Waals surface area contributed by atoms with Crippen LogP contribution < -0.4 is 9.47 Å². The highest BCUT2D eigenvalue weighted by molar-refractivity contribution is 6.32. The predicted octanol–water partition coefficient (Wildman–Crippen LogP) is 2.99. The number of amides is 1. The molecule has 0 aliphatic carbocycles. The van der Waals surface area contributed by atoms with Gasteiger partial charge in [0.15, 0.2) is 11.5 Å². The Balaban J connectivity index is 2.02. The van der Waals surface area contributed by atoms with Gasteiger partial charge in [0, 0.05) is 19.2 Å². The number of hydrogen-bond donors (Lipinski definition) is 0. The molecule has 134 valence electrons. The topological polar surface area (TPSA) is 88.9 Å². The first kappa shape index (κ1) is 18.9. The zero-order valence-electron chi connectivity index (χ0n) is 14.1. The van der Waals surface area contributed by atoms with E-state index in [0.29, 0.717) is 38.1 Å². The van der Waals surface area contributed by atoms with E-state index in [1.807, 2.05) is 6.07 Å². The van der Waals surface area contributed by atoms with Crippen LogP contribution in [0.5, 0.6) is 11.5 Å². The third kappa shape index (κ3) is 4.54. The van der Waals surface area contributed by atoms with Crippen LogP contribution in [0.1, 0.15) is 25.3 Å². The Morgan fingerprint density at radius 1 is 1.36 bits per heavy atom. The number of benzene rings is 1. The van der Waals surface area contributed by atoms with Gasteiger partial charge in [-0.1, -0.05) is 11.6 Å². The first-order valence-corrected chi connectivity index (χ1v) is 8.29. The fraction of sp³-hybridized carbons (Fsp3) is 0.471. The molecule has 1 heterocycles. The van der Waals surface area contributed by atoms with E-state index in [4.69, 9.17) is 31.1 Å². The Bertz CT molecular complexity index is 693. The van der Waals surface area contributed by atoms with Crippen LogP contribution in [0.25, 0.3) is 0 Å². The number of nitriles is 1. The molecule has 1 fully saturated rings. The van der Waals surface area contributed by atoms with Gasteiger partial charge in [0.25, 0.3) is 0 Å². The van der Waals surface area contributed by atoms with E-state index in [1.54, 1.807) is 11.8 Å². The van der Waals surface area contributed by atoms with Crippen LogP contribution in [-0.4, -0.2) is 43.8 Å². The molecule has 0 aromatic heterocycles. The third-order valence-electron chi connectivity index (χ3n) is 3.92. The highest BCUT2D eigenvalue weighted by atomic mass is 35.5. The summed E-state index contributed by atoms with van der Waals surface area (Å²) in [6.07, 6.45) is 0.591. The quantitative estimate of drug-likeness (QED) is 0.601. The predicted molar refractivity (Wildman–Crippen MR) is 89.7 cm³/mol. The Labute approximate surface area is 151 Å². The number of methoxy groups -OCH3 is 1. The van der Waals surface area contributed by atoms with Gasteiger partial charge in [0.2, 0.25) is 0 Å². The molecular formula is C17H19ClN2O5. The van der Waals surface area contributed by atoms with Gasteiger partial charge in [-0.2, -0.15) is 5.26 Å². The number of halogens is 1. The van der Waals surface area contributed by atoms with Crippen molar-refractivity contribution in [1.82, 2.24) is 4.90 Å². The lowest BCUT2D eigenvalue weighted by Gasteiger charge is -2.30. The fourth-order valence-electron chi connectivity index (χ4n) is 2.58. The Morgan fingerprint density at radius 2 is 2.04 bits per heavy atom. The Hall–Kier alpha value is -2.46. The van der Waals surface area contributed by atoms with Crippen LogP contribution in [-0.2, 0) is 9.53 Å². The molecule has 0 atom stereocenters. The minimum Gasteiger partial charge on any atom is -0.493 e. The van der Waals surface area contributed by atoms with Crippen molar-refractivity contribution in [2.75, 3.05) is 26.8 Å². The molecule has 0 N–H and O–H groups in total. The van der Waals surface area contributed by atoms with E-state index in [2.05, 4.69) is 0 Å². The monoisotopic (exact) mass is 366 g/mol. The van der Waals surface area contributed by atoms with Gasteiger partial charge in [0.05, 0.1) is 36.3 Å². The van der Waals surface area contributed by atoms with Crippen LogP contribution in [0.3, 0.4) is 0 Å². The zero-order chi connectivity index (χ0) is 18.4. The lowest BCUT2D eigenvalue weighted by molar-refractivity contribution is -0.140. The van der Waals surface area contributed by atoms with E-state index in [-0.39, 0.29) is 28.5 Å². The molecule has 1 saturated heterocycles. The van der Waals surface area contributed by atoms with Crippen LogP contribution in [0.4, 0.5) is 4.79 Å². The highest BCUT2D eigenvalue weighted by Crippen LogP contribution is 2.37. The second kappa shape index (κ2) is 8.58. The molecule has 25 heavy (non-hydrogen) atoms. The van der Waals surface area contributed by atoms with Crippen molar-refractivity contribution in [3.63, 3.8) is 0 Å².